The Kier molecular flexibility index (Phi) is 3.23. The summed E-state index contributed by atoms with van der Waals surface area (Å²) in [5, 5.41) is 0. The fourth-order valence-corrected chi connectivity index (χ4v) is 3.66. The molecule has 0 amide bonds. The highest BCUT2D eigenvalue weighted by molar-refractivity contribution is 14.1. The van der Waals surface area contributed by atoms with Gasteiger partial charge in [0.1, 0.15) is 0 Å². The van der Waals surface area contributed by atoms with Gasteiger partial charge in [-0.2, -0.15) is 0 Å². The summed E-state index contributed by atoms with van der Waals surface area (Å²) in [5.41, 5.74) is 7.53. The number of hydrogen-bond donors (Lipinski definition) is 1. The van der Waals surface area contributed by atoms with Gasteiger partial charge in [-0.05, 0) is 71.2 Å². The molecule has 88 valence electrons. The van der Waals surface area contributed by atoms with Crippen molar-refractivity contribution in [2.45, 2.75) is 18.9 Å². The van der Waals surface area contributed by atoms with Crippen molar-refractivity contribution in [2.75, 3.05) is 0 Å². The van der Waals surface area contributed by atoms with E-state index in [2.05, 4.69) is 59.0 Å². The summed E-state index contributed by atoms with van der Waals surface area (Å²) >= 11 is 4.20. The number of nitrogens with two attached hydrogens (primary N) is 1. The molecule has 17 heavy (non-hydrogen) atoms. The number of hydrogen-bond acceptors (Lipinski definition) is 2. The predicted molar refractivity (Wildman–Crippen MR) is 82.1 cm³/mol. The first-order valence-electron chi connectivity index (χ1n) is 5.85. The zero-order valence-corrected chi connectivity index (χ0v) is 12.4. The third-order valence-corrected chi connectivity index (χ3v) is 5.10. The number of thiophene rings is 1. The smallest absolute Gasteiger partial charge is 0.0418 e. The van der Waals surface area contributed by atoms with Crippen LogP contribution < -0.4 is 5.73 Å². The average Bonchev–Trinajstić information content (AvgIpc) is 3.05. The number of rotatable bonds is 3. The van der Waals surface area contributed by atoms with E-state index in [-0.39, 0.29) is 6.04 Å². The minimum Gasteiger partial charge on any atom is -0.323 e. The molecule has 3 rings (SSSR count). The van der Waals surface area contributed by atoms with Crippen molar-refractivity contribution in [3.8, 4) is 10.4 Å². The number of benzene rings is 1. The Balaban J connectivity index is 1.89. The molecule has 1 fully saturated rings. The average molecular weight is 355 g/mol. The van der Waals surface area contributed by atoms with Gasteiger partial charge in [-0.25, -0.2) is 0 Å². The zero-order chi connectivity index (χ0) is 11.8. The Morgan fingerprint density at radius 2 is 2.06 bits per heavy atom. The second-order valence-corrected chi connectivity index (χ2v) is 6.94. The monoisotopic (exact) mass is 355 g/mol. The highest BCUT2D eigenvalue weighted by atomic mass is 127. The lowest BCUT2D eigenvalue weighted by atomic mass is 10.1. The van der Waals surface area contributed by atoms with Gasteiger partial charge in [0.25, 0.3) is 0 Å². The second kappa shape index (κ2) is 4.71. The predicted octanol–water partition coefficient (Wildman–Crippen LogP) is 4.43. The van der Waals surface area contributed by atoms with Gasteiger partial charge in [0.15, 0.2) is 0 Å². The lowest BCUT2D eigenvalue weighted by Gasteiger charge is -2.06. The van der Waals surface area contributed by atoms with Crippen LogP contribution in [-0.2, 0) is 0 Å². The molecule has 1 heterocycles. The SMILES string of the molecule is NC(c1ccc(-c2cccc(I)c2)s1)C1CC1. The van der Waals surface area contributed by atoms with Crippen molar-refractivity contribution in [2.24, 2.45) is 11.7 Å². The first-order valence-corrected chi connectivity index (χ1v) is 7.75. The lowest BCUT2D eigenvalue weighted by molar-refractivity contribution is 0.645. The van der Waals surface area contributed by atoms with Crippen LogP contribution in [0.1, 0.15) is 23.8 Å². The molecule has 0 aliphatic heterocycles. The fourth-order valence-electron chi connectivity index (χ4n) is 2.02. The highest BCUT2D eigenvalue weighted by Gasteiger charge is 2.30. The molecule has 1 atom stereocenters. The van der Waals surface area contributed by atoms with Gasteiger partial charge in [0, 0.05) is 19.4 Å². The molecule has 1 aromatic heterocycles. The van der Waals surface area contributed by atoms with E-state index in [0.29, 0.717) is 0 Å². The maximum absolute atomic E-state index is 6.23. The van der Waals surface area contributed by atoms with Crippen LogP contribution in [0.3, 0.4) is 0 Å². The first-order chi connectivity index (χ1) is 8.24. The maximum Gasteiger partial charge on any atom is 0.0418 e. The Morgan fingerprint density at radius 1 is 1.24 bits per heavy atom. The Labute approximate surface area is 119 Å². The van der Waals surface area contributed by atoms with Gasteiger partial charge in [0.2, 0.25) is 0 Å². The quantitative estimate of drug-likeness (QED) is 0.810. The molecule has 1 aliphatic rings. The minimum atomic E-state index is 0.261. The van der Waals surface area contributed by atoms with E-state index in [0.717, 1.165) is 5.92 Å². The molecule has 1 aliphatic carbocycles. The lowest BCUT2D eigenvalue weighted by Crippen LogP contribution is -2.10. The number of halogens is 1. The van der Waals surface area contributed by atoms with Gasteiger partial charge in [0.05, 0.1) is 0 Å². The molecule has 2 aromatic rings. The van der Waals surface area contributed by atoms with Crippen molar-refractivity contribution in [1.82, 2.24) is 0 Å². The molecule has 2 N–H and O–H groups in total. The van der Waals surface area contributed by atoms with Crippen LogP contribution in [0.5, 0.6) is 0 Å². The summed E-state index contributed by atoms with van der Waals surface area (Å²) in [5.74, 6) is 0.734. The van der Waals surface area contributed by atoms with E-state index in [1.54, 1.807) is 0 Å². The second-order valence-electron chi connectivity index (χ2n) is 4.58. The van der Waals surface area contributed by atoms with Gasteiger partial charge in [-0.1, -0.05) is 12.1 Å². The first kappa shape index (κ1) is 11.7. The molecular weight excluding hydrogens is 341 g/mol. The van der Waals surface area contributed by atoms with E-state index in [1.165, 1.54) is 31.7 Å². The van der Waals surface area contributed by atoms with Crippen LogP contribution in [0.25, 0.3) is 10.4 Å². The molecule has 1 nitrogen and oxygen atoms in total. The summed E-state index contributed by atoms with van der Waals surface area (Å²) in [4.78, 5) is 2.66. The largest absolute Gasteiger partial charge is 0.323 e. The highest BCUT2D eigenvalue weighted by Crippen LogP contribution is 2.42. The van der Waals surface area contributed by atoms with Crippen molar-refractivity contribution < 1.29 is 0 Å². The normalized spacial score (nSPS) is 17.1. The van der Waals surface area contributed by atoms with Crippen molar-refractivity contribution in [1.29, 1.82) is 0 Å². The van der Waals surface area contributed by atoms with Crippen LogP contribution in [0, 0.1) is 9.49 Å². The molecule has 3 heteroatoms. The van der Waals surface area contributed by atoms with Crippen LogP contribution in [0.15, 0.2) is 36.4 Å². The van der Waals surface area contributed by atoms with Crippen molar-refractivity contribution >= 4 is 33.9 Å². The molecular formula is C14H14INS. The third-order valence-electron chi connectivity index (χ3n) is 3.19. The van der Waals surface area contributed by atoms with Crippen LogP contribution in [0.2, 0.25) is 0 Å². The van der Waals surface area contributed by atoms with Crippen molar-refractivity contribution in [3.05, 3.63) is 44.8 Å². The maximum atomic E-state index is 6.23. The zero-order valence-electron chi connectivity index (χ0n) is 9.40. The molecule has 0 radical (unpaired) electrons. The Morgan fingerprint density at radius 3 is 2.76 bits per heavy atom. The van der Waals surface area contributed by atoms with Crippen LogP contribution in [0.4, 0.5) is 0 Å². The Hall–Kier alpha value is -0.390. The molecule has 1 unspecified atom stereocenters. The van der Waals surface area contributed by atoms with E-state index < -0.39 is 0 Å². The van der Waals surface area contributed by atoms with Crippen molar-refractivity contribution in [3.63, 3.8) is 0 Å². The van der Waals surface area contributed by atoms with Crippen LogP contribution >= 0.6 is 33.9 Å². The molecule has 0 bridgehead atoms. The molecule has 0 spiro atoms. The summed E-state index contributed by atoms with van der Waals surface area (Å²) < 4.78 is 1.28. The fraction of sp³-hybridized carbons (Fsp3) is 0.286. The van der Waals surface area contributed by atoms with Gasteiger partial charge >= 0.3 is 0 Å². The van der Waals surface area contributed by atoms with Gasteiger partial charge in [-0.3, -0.25) is 0 Å². The summed E-state index contributed by atoms with van der Waals surface area (Å²) in [7, 11) is 0. The van der Waals surface area contributed by atoms with E-state index in [4.69, 9.17) is 5.73 Å². The van der Waals surface area contributed by atoms with E-state index >= 15 is 0 Å². The minimum absolute atomic E-state index is 0.261. The van der Waals surface area contributed by atoms with E-state index in [1.807, 2.05) is 11.3 Å². The van der Waals surface area contributed by atoms with Gasteiger partial charge < -0.3 is 5.73 Å². The third kappa shape index (κ3) is 2.56. The van der Waals surface area contributed by atoms with Crippen LogP contribution in [-0.4, -0.2) is 0 Å². The summed E-state index contributed by atoms with van der Waals surface area (Å²) in [6.45, 7) is 0. The topological polar surface area (TPSA) is 26.0 Å². The van der Waals surface area contributed by atoms with Gasteiger partial charge in [-0.15, -0.1) is 11.3 Å². The van der Waals surface area contributed by atoms with E-state index in [9.17, 15) is 0 Å². The Bertz CT molecular complexity index is 531. The molecule has 1 aromatic carbocycles. The summed E-state index contributed by atoms with van der Waals surface area (Å²) in [6.07, 6.45) is 2.61. The standard InChI is InChI=1S/C14H14INS/c15-11-3-1-2-10(8-11)12-6-7-13(17-12)14(16)9-4-5-9/h1-3,6-9,14H,4-5,16H2. The summed E-state index contributed by atoms with van der Waals surface area (Å²) in [6, 6.07) is 13.3. The molecule has 0 saturated heterocycles. The molecule has 1 saturated carbocycles.